The molecular formula is C22H27N5OS. The summed E-state index contributed by atoms with van der Waals surface area (Å²) in [4.78, 5) is 15.0. The van der Waals surface area contributed by atoms with Crippen LogP contribution in [0.15, 0.2) is 54.9 Å². The fourth-order valence-electron chi connectivity index (χ4n) is 3.75. The van der Waals surface area contributed by atoms with Crippen molar-refractivity contribution in [1.82, 2.24) is 20.1 Å². The van der Waals surface area contributed by atoms with Crippen LogP contribution < -0.4 is 10.2 Å². The number of hydrogen-bond donors (Lipinski definition) is 1. The van der Waals surface area contributed by atoms with E-state index in [9.17, 15) is 4.79 Å². The first-order valence-electron chi connectivity index (χ1n) is 10.3. The molecule has 1 atom stereocenters. The van der Waals surface area contributed by atoms with Crippen molar-refractivity contribution in [3.63, 3.8) is 0 Å². The molecule has 3 aromatic rings. The van der Waals surface area contributed by atoms with Gasteiger partial charge in [-0.3, -0.25) is 9.36 Å². The zero-order valence-electron chi connectivity index (χ0n) is 16.7. The number of hydrogen-bond acceptors (Lipinski definition) is 5. The number of rotatable bonds is 7. The lowest BCUT2D eigenvalue weighted by Crippen LogP contribution is -2.44. The van der Waals surface area contributed by atoms with Crippen LogP contribution in [-0.4, -0.2) is 39.8 Å². The summed E-state index contributed by atoms with van der Waals surface area (Å²) in [5, 5.41) is 13.7. The second-order valence-electron chi connectivity index (χ2n) is 7.52. The Hall–Kier alpha value is -2.67. The molecule has 29 heavy (non-hydrogen) atoms. The van der Waals surface area contributed by atoms with Crippen LogP contribution in [0.5, 0.6) is 0 Å². The van der Waals surface area contributed by atoms with Crippen molar-refractivity contribution in [3.05, 3.63) is 60.4 Å². The van der Waals surface area contributed by atoms with Gasteiger partial charge >= 0.3 is 0 Å². The Morgan fingerprint density at radius 1 is 1.10 bits per heavy atom. The van der Waals surface area contributed by atoms with Crippen molar-refractivity contribution in [3.8, 4) is 5.13 Å². The van der Waals surface area contributed by atoms with Crippen LogP contribution in [0.25, 0.3) is 5.13 Å². The Bertz CT molecular complexity index is 900. The first kappa shape index (κ1) is 19.6. The van der Waals surface area contributed by atoms with Crippen LogP contribution in [0.1, 0.15) is 31.7 Å². The summed E-state index contributed by atoms with van der Waals surface area (Å²) in [6.45, 7) is 3.82. The molecule has 0 saturated carbocycles. The molecule has 0 aliphatic carbocycles. The molecule has 0 bridgehead atoms. The maximum atomic E-state index is 12.8. The van der Waals surface area contributed by atoms with Crippen LogP contribution in [0, 0.1) is 5.92 Å². The number of nitrogens with zero attached hydrogens (tertiary/aromatic N) is 4. The lowest BCUT2D eigenvalue weighted by molar-refractivity contribution is -0.126. The van der Waals surface area contributed by atoms with Gasteiger partial charge in [0.1, 0.15) is 0 Å². The van der Waals surface area contributed by atoms with Gasteiger partial charge in [-0.25, -0.2) is 0 Å². The van der Waals surface area contributed by atoms with Crippen LogP contribution >= 0.6 is 11.3 Å². The fourth-order valence-corrected chi connectivity index (χ4v) is 4.62. The average molecular weight is 410 g/mol. The Kier molecular flexibility index (Phi) is 6.24. The highest BCUT2D eigenvalue weighted by Gasteiger charge is 2.27. The monoisotopic (exact) mass is 409 g/mol. The first-order chi connectivity index (χ1) is 14.2. The minimum absolute atomic E-state index is 0.0768. The van der Waals surface area contributed by atoms with E-state index >= 15 is 0 Å². The van der Waals surface area contributed by atoms with E-state index in [1.165, 1.54) is 5.56 Å². The number of anilines is 1. The molecule has 1 N–H and O–H groups in total. The molecule has 2 aromatic heterocycles. The van der Waals surface area contributed by atoms with E-state index in [4.69, 9.17) is 0 Å². The summed E-state index contributed by atoms with van der Waals surface area (Å²) in [5.74, 6) is 0.269. The molecular weight excluding hydrogens is 382 g/mol. The molecule has 1 amide bonds. The van der Waals surface area contributed by atoms with E-state index in [2.05, 4.69) is 51.6 Å². The van der Waals surface area contributed by atoms with Crippen LogP contribution in [0.3, 0.4) is 0 Å². The van der Waals surface area contributed by atoms with E-state index in [1.807, 2.05) is 35.2 Å². The summed E-state index contributed by atoms with van der Waals surface area (Å²) in [5.41, 5.74) is 1.27. The second kappa shape index (κ2) is 9.22. The third-order valence-corrected chi connectivity index (χ3v) is 6.53. The highest BCUT2D eigenvalue weighted by molar-refractivity contribution is 7.17. The normalized spacial score (nSPS) is 16.0. The zero-order chi connectivity index (χ0) is 20.1. The van der Waals surface area contributed by atoms with Gasteiger partial charge in [-0.1, -0.05) is 48.6 Å². The molecule has 1 aliphatic heterocycles. The van der Waals surface area contributed by atoms with E-state index in [0.29, 0.717) is 0 Å². The minimum atomic E-state index is 0.0768. The predicted octanol–water partition coefficient (Wildman–Crippen LogP) is 3.68. The largest absolute Gasteiger partial charge is 0.353 e. The van der Waals surface area contributed by atoms with Gasteiger partial charge in [0.05, 0.1) is 0 Å². The van der Waals surface area contributed by atoms with Crippen LogP contribution in [0.2, 0.25) is 0 Å². The highest BCUT2D eigenvalue weighted by atomic mass is 32.1. The Labute approximate surface area is 175 Å². The maximum absolute atomic E-state index is 12.8. The topological polar surface area (TPSA) is 63.1 Å². The molecule has 0 radical (unpaired) electrons. The maximum Gasteiger partial charge on any atom is 0.223 e. The standard InChI is InChI=1S/C22H27N5OS/c1-2-19(16-17-8-4-3-5-9-17)23-20(28)18-10-14-27(15-11-18)22-25-24-21(29-22)26-12-6-7-13-26/h3-9,12-13,18-19H,2,10-11,14-16H2,1H3,(H,23,28)/t19-/m0/s1. The molecule has 1 fully saturated rings. The SMILES string of the molecule is CC[C@@H](Cc1ccccc1)NC(=O)C1CCN(c2nnc(-n3cccc3)s2)CC1. The fraction of sp³-hybridized carbons (Fsp3) is 0.409. The van der Waals surface area contributed by atoms with Gasteiger partial charge in [-0.05, 0) is 43.4 Å². The molecule has 152 valence electrons. The van der Waals surface area contributed by atoms with Crippen molar-refractivity contribution >= 4 is 22.4 Å². The van der Waals surface area contributed by atoms with Gasteiger partial charge in [0.2, 0.25) is 16.2 Å². The van der Waals surface area contributed by atoms with Crippen molar-refractivity contribution in [2.24, 2.45) is 5.92 Å². The number of carbonyl (C=O) groups is 1. The van der Waals surface area contributed by atoms with Gasteiger partial charge in [0, 0.05) is 37.4 Å². The number of carbonyl (C=O) groups excluding carboxylic acids is 1. The molecule has 1 saturated heterocycles. The molecule has 3 heterocycles. The lowest BCUT2D eigenvalue weighted by atomic mass is 9.95. The molecule has 0 unspecified atom stereocenters. The number of aromatic nitrogens is 3. The van der Waals surface area contributed by atoms with E-state index in [0.717, 1.165) is 49.0 Å². The third kappa shape index (κ3) is 4.85. The number of piperidine rings is 1. The molecule has 7 heteroatoms. The van der Waals surface area contributed by atoms with E-state index < -0.39 is 0 Å². The van der Waals surface area contributed by atoms with Gasteiger partial charge in [-0.2, -0.15) is 0 Å². The molecule has 1 aromatic carbocycles. The summed E-state index contributed by atoms with van der Waals surface area (Å²) < 4.78 is 1.97. The van der Waals surface area contributed by atoms with Crippen LogP contribution in [0.4, 0.5) is 5.13 Å². The highest BCUT2D eigenvalue weighted by Crippen LogP contribution is 2.28. The zero-order valence-corrected chi connectivity index (χ0v) is 17.5. The number of amides is 1. The first-order valence-corrected chi connectivity index (χ1v) is 11.1. The van der Waals surface area contributed by atoms with Crippen molar-refractivity contribution in [1.29, 1.82) is 0 Å². The summed E-state index contributed by atoms with van der Waals surface area (Å²) >= 11 is 1.59. The molecule has 1 aliphatic rings. The summed E-state index contributed by atoms with van der Waals surface area (Å²) in [6, 6.07) is 14.5. The Balaban J connectivity index is 1.29. The number of nitrogens with one attached hydrogen (secondary N) is 1. The van der Waals surface area contributed by atoms with Crippen molar-refractivity contribution in [2.75, 3.05) is 18.0 Å². The molecule has 6 nitrogen and oxygen atoms in total. The summed E-state index contributed by atoms with van der Waals surface area (Å²) in [6.07, 6.45) is 7.47. The quantitative estimate of drug-likeness (QED) is 0.647. The van der Waals surface area contributed by atoms with Gasteiger partial charge in [0.15, 0.2) is 0 Å². The van der Waals surface area contributed by atoms with Crippen molar-refractivity contribution < 1.29 is 4.79 Å². The van der Waals surface area contributed by atoms with E-state index in [-0.39, 0.29) is 17.9 Å². The van der Waals surface area contributed by atoms with E-state index in [1.54, 1.807) is 11.3 Å². The number of benzene rings is 1. The van der Waals surface area contributed by atoms with Gasteiger partial charge in [-0.15, -0.1) is 10.2 Å². The molecule has 0 spiro atoms. The minimum Gasteiger partial charge on any atom is -0.353 e. The summed E-state index contributed by atoms with van der Waals surface area (Å²) in [7, 11) is 0. The van der Waals surface area contributed by atoms with Crippen LogP contribution in [-0.2, 0) is 11.2 Å². The second-order valence-corrected chi connectivity index (χ2v) is 8.46. The Morgan fingerprint density at radius 2 is 1.79 bits per heavy atom. The predicted molar refractivity (Wildman–Crippen MR) is 117 cm³/mol. The van der Waals surface area contributed by atoms with Crippen molar-refractivity contribution in [2.45, 2.75) is 38.6 Å². The van der Waals surface area contributed by atoms with Gasteiger partial charge in [0.25, 0.3) is 0 Å². The average Bonchev–Trinajstić information content (AvgIpc) is 3.46. The lowest BCUT2D eigenvalue weighted by Gasteiger charge is -2.31. The Morgan fingerprint density at radius 3 is 2.48 bits per heavy atom. The van der Waals surface area contributed by atoms with Gasteiger partial charge < -0.3 is 10.2 Å². The smallest absolute Gasteiger partial charge is 0.223 e. The third-order valence-electron chi connectivity index (χ3n) is 5.53. The molecule has 4 rings (SSSR count).